The molecule has 1 aromatic heterocycles. The van der Waals surface area contributed by atoms with E-state index in [4.69, 9.17) is 10.5 Å². The number of alkyl halides is 3. The van der Waals surface area contributed by atoms with E-state index in [1.807, 2.05) is 0 Å². The number of ether oxygens (including phenoxy) is 2. The minimum atomic E-state index is -4.80. The molecule has 1 saturated carbocycles. The van der Waals surface area contributed by atoms with Crippen LogP contribution in [0.2, 0.25) is 0 Å². The minimum Gasteiger partial charge on any atom is -0.388 e. The second-order valence-electron chi connectivity index (χ2n) is 6.03. The van der Waals surface area contributed by atoms with Gasteiger partial charge in [-0.05, 0) is 31.7 Å². The van der Waals surface area contributed by atoms with Crippen molar-refractivity contribution in [2.45, 2.75) is 43.2 Å². The standard InChI is InChI=1S/C14H16F3N3O3.ClH/c15-14(16,17)23-10-2-1-9(7-19-10)20-11(21)13-5-3-12(18,4-6-13)8-22-13;/h1-2,7H,3-6,8,18H2,(H,20,21);1H. The van der Waals surface area contributed by atoms with E-state index in [9.17, 15) is 18.0 Å². The van der Waals surface area contributed by atoms with Gasteiger partial charge in [0.15, 0.2) is 0 Å². The molecule has 0 atom stereocenters. The number of hydrogen-bond acceptors (Lipinski definition) is 5. The number of pyridine rings is 1. The number of aromatic nitrogens is 1. The van der Waals surface area contributed by atoms with Crippen molar-refractivity contribution < 1.29 is 27.4 Å². The Balaban J connectivity index is 0.00000208. The molecule has 134 valence electrons. The van der Waals surface area contributed by atoms with Crippen LogP contribution in [0.15, 0.2) is 18.3 Å². The number of rotatable bonds is 3. The van der Waals surface area contributed by atoms with Gasteiger partial charge in [0, 0.05) is 11.6 Å². The largest absolute Gasteiger partial charge is 0.574 e. The lowest BCUT2D eigenvalue weighted by molar-refractivity contribution is -0.276. The van der Waals surface area contributed by atoms with Gasteiger partial charge in [-0.25, -0.2) is 4.98 Å². The van der Waals surface area contributed by atoms with Crippen molar-refractivity contribution >= 4 is 24.0 Å². The summed E-state index contributed by atoms with van der Waals surface area (Å²) in [5.41, 5.74) is 5.12. The van der Waals surface area contributed by atoms with Crippen molar-refractivity contribution in [3.8, 4) is 5.88 Å². The quantitative estimate of drug-likeness (QED) is 0.856. The van der Waals surface area contributed by atoms with E-state index >= 15 is 0 Å². The van der Waals surface area contributed by atoms with Gasteiger partial charge >= 0.3 is 6.36 Å². The van der Waals surface area contributed by atoms with E-state index in [0.717, 1.165) is 12.3 Å². The summed E-state index contributed by atoms with van der Waals surface area (Å²) in [6.07, 6.45) is -1.23. The average Bonchev–Trinajstić information content (AvgIpc) is 2.49. The molecule has 2 bridgehead atoms. The molecular weight excluding hydrogens is 351 g/mol. The summed E-state index contributed by atoms with van der Waals surface area (Å²) in [4.78, 5) is 16.0. The number of carbonyl (C=O) groups is 1. The summed E-state index contributed by atoms with van der Waals surface area (Å²) in [7, 11) is 0. The summed E-state index contributed by atoms with van der Waals surface area (Å²) in [5.74, 6) is -0.918. The van der Waals surface area contributed by atoms with Crippen LogP contribution < -0.4 is 15.8 Å². The molecule has 2 aliphatic heterocycles. The Morgan fingerprint density at radius 1 is 1.29 bits per heavy atom. The molecule has 10 heteroatoms. The summed E-state index contributed by atoms with van der Waals surface area (Å²) in [6, 6.07) is 2.33. The highest BCUT2D eigenvalue weighted by Crippen LogP contribution is 2.42. The molecule has 1 amide bonds. The molecule has 1 aromatic rings. The van der Waals surface area contributed by atoms with Crippen LogP contribution in [0.1, 0.15) is 25.7 Å². The summed E-state index contributed by atoms with van der Waals surface area (Å²) in [6.45, 7) is 0.330. The van der Waals surface area contributed by atoms with Gasteiger partial charge in [0.2, 0.25) is 5.88 Å². The fourth-order valence-corrected chi connectivity index (χ4v) is 2.89. The highest BCUT2D eigenvalue weighted by Gasteiger charge is 2.52. The number of nitrogens with one attached hydrogen (secondary N) is 1. The van der Waals surface area contributed by atoms with Crippen LogP contribution in [0.4, 0.5) is 18.9 Å². The van der Waals surface area contributed by atoms with Crippen molar-refractivity contribution in [3.05, 3.63) is 18.3 Å². The van der Waals surface area contributed by atoms with Crippen molar-refractivity contribution in [1.29, 1.82) is 0 Å². The maximum Gasteiger partial charge on any atom is 0.574 e. The first-order valence-electron chi connectivity index (χ1n) is 7.16. The monoisotopic (exact) mass is 367 g/mol. The molecule has 4 rings (SSSR count). The molecule has 0 aromatic carbocycles. The van der Waals surface area contributed by atoms with Crippen molar-refractivity contribution in [2.24, 2.45) is 5.73 Å². The molecule has 3 fully saturated rings. The Morgan fingerprint density at radius 2 is 1.96 bits per heavy atom. The Morgan fingerprint density at radius 3 is 2.42 bits per heavy atom. The SMILES string of the molecule is Cl.NC12CCC(C(=O)Nc3ccc(OC(F)(F)F)nc3)(CC1)OC2. The average molecular weight is 368 g/mol. The lowest BCUT2D eigenvalue weighted by Crippen LogP contribution is -2.63. The maximum atomic E-state index is 12.4. The molecule has 6 nitrogen and oxygen atoms in total. The first-order chi connectivity index (χ1) is 10.7. The number of amides is 1. The number of carbonyl (C=O) groups excluding carboxylic acids is 1. The third kappa shape index (κ3) is 3.90. The van der Waals surface area contributed by atoms with E-state index in [-0.39, 0.29) is 29.5 Å². The second kappa shape index (κ2) is 6.38. The fraction of sp³-hybridized carbons (Fsp3) is 0.571. The zero-order chi connectivity index (χ0) is 16.7. The summed E-state index contributed by atoms with van der Waals surface area (Å²) < 4.78 is 45.5. The van der Waals surface area contributed by atoms with E-state index in [0.29, 0.717) is 32.3 Å². The first kappa shape index (κ1) is 18.8. The number of nitrogens with zero attached hydrogens (tertiary/aromatic N) is 1. The first-order valence-corrected chi connectivity index (χ1v) is 7.16. The van der Waals surface area contributed by atoms with Crippen LogP contribution in [0.5, 0.6) is 5.88 Å². The molecule has 24 heavy (non-hydrogen) atoms. The van der Waals surface area contributed by atoms with Gasteiger partial charge in [-0.3, -0.25) is 4.79 Å². The van der Waals surface area contributed by atoms with Gasteiger partial charge in [-0.15, -0.1) is 25.6 Å². The number of anilines is 1. The predicted molar refractivity (Wildman–Crippen MR) is 80.9 cm³/mol. The zero-order valence-electron chi connectivity index (χ0n) is 12.6. The van der Waals surface area contributed by atoms with E-state index < -0.39 is 17.8 Å². The lowest BCUT2D eigenvalue weighted by Gasteiger charge is -2.50. The predicted octanol–water partition coefficient (Wildman–Crippen LogP) is 2.38. The summed E-state index contributed by atoms with van der Waals surface area (Å²) in [5, 5.41) is 2.63. The number of nitrogens with two attached hydrogens (primary N) is 1. The molecule has 3 aliphatic rings. The Hall–Kier alpha value is -1.58. The lowest BCUT2D eigenvalue weighted by atomic mass is 9.71. The number of fused-ring (bicyclic) bond motifs is 3. The molecular formula is C14H17ClF3N3O3. The molecule has 0 spiro atoms. The van der Waals surface area contributed by atoms with Crippen LogP contribution in [-0.4, -0.2) is 35.0 Å². The van der Waals surface area contributed by atoms with Gasteiger partial charge in [0.05, 0.1) is 18.5 Å². The van der Waals surface area contributed by atoms with Crippen LogP contribution in [-0.2, 0) is 9.53 Å². The smallest absolute Gasteiger partial charge is 0.388 e. The van der Waals surface area contributed by atoms with Gasteiger partial charge in [-0.2, -0.15) is 0 Å². The third-order valence-electron chi connectivity index (χ3n) is 4.32. The van der Waals surface area contributed by atoms with Gasteiger partial charge in [0.25, 0.3) is 5.91 Å². The van der Waals surface area contributed by atoms with Gasteiger partial charge in [-0.1, -0.05) is 0 Å². The van der Waals surface area contributed by atoms with Crippen LogP contribution in [0, 0.1) is 0 Å². The van der Waals surface area contributed by atoms with Gasteiger partial charge in [0.1, 0.15) is 5.60 Å². The van der Waals surface area contributed by atoms with Crippen LogP contribution in [0.3, 0.4) is 0 Å². The molecule has 0 unspecified atom stereocenters. The molecule has 0 radical (unpaired) electrons. The van der Waals surface area contributed by atoms with Crippen molar-refractivity contribution in [1.82, 2.24) is 4.98 Å². The maximum absolute atomic E-state index is 12.4. The molecule has 3 N–H and O–H groups in total. The third-order valence-corrected chi connectivity index (χ3v) is 4.32. The number of hydrogen-bond donors (Lipinski definition) is 2. The molecule has 3 heterocycles. The summed E-state index contributed by atoms with van der Waals surface area (Å²) >= 11 is 0. The van der Waals surface area contributed by atoms with Gasteiger partial charge < -0.3 is 20.5 Å². The Kier molecular flexibility index (Phi) is 4.98. The normalized spacial score (nSPS) is 28.8. The van der Waals surface area contributed by atoms with E-state index in [1.54, 1.807) is 0 Å². The minimum absolute atomic E-state index is 0. The van der Waals surface area contributed by atoms with Crippen molar-refractivity contribution in [3.63, 3.8) is 0 Å². The highest BCUT2D eigenvalue weighted by molar-refractivity contribution is 5.97. The fourth-order valence-electron chi connectivity index (χ4n) is 2.89. The van der Waals surface area contributed by atoms with Crippen molar-refractivity contribution in [2.75, 3.05) is 11.9 Å². The molecule has 2 saturated heterocycles. The highest BCUT2D eigenvalue weighted by atomic mass is 35.5. The topological polar surface area (TPSA) is 86.5 Å². The van der Waals surface area contributed by atoms with E-state index in [2.05, 4.69) is 15.0 Å². The van der Waals surface area contributed by atoms with Crippen LogP contribution >= 0.6 is 12.4 Å². The molecule has 1 aliphatic carbocycles. The second-order valence-corrected chi connectivity index (χ2v) is 6.03. The Bertz CT molecular complexity index is 585. The van der Waals surface area contributed by atoms with Crippen LogP contribution in [0.25, 0.3) is 0 Å². The number of halogens is 4. The van der Waals surface area contributed by atoms with E-state index in [1.165, 1.54) is 6.07 Å². The zero-order valence-corrected chi connectivity index (χ0v) is 13.4. The Labute approximate surface area is 142 Å².